The highest BCUT2D eigenvalue weighted by Crippen LogP contribution is 2.31. The van der Waals surface area contributed by atoms with E-state index in [-0.39, 0.29) is 12.6 Å². The van der Waals surface area contributed by atoms with Crippen molar-refractivity contribution < 1.29 is 29.3 Å². The quantitative estimate of drug-likeness (QED) is 0.388. The molecule has 4 atom stereocenters. The number of aliphatic hydroxyl groups is 2. The molecule has 0 aromatic heterocycles. The monoisotopic (exact) mass is 381 g/mol. The summed E-state index contributed by atoms with van der Waals surface area (Å²) < 4.78 is 10.7. The Labute approximate surface area is 160 Å². The molecule has 7 heteroatoms. The highest BCUT2D eigenvalue weighted by Gasteiger charge is 2.49. The van der Waals surface area contributed by atoms with Crippen LogP contribution in [-0.2, 0) is 19.1 Å². The van der Waals surface area contributed by atoms with Gasteiger partial charge in [0.15, 0.2) is 0 Å². The van der Waals surface area contributed by atoms with E-state index < -0.39 is 35.7 Å². The van der Waals surface area contributed by atoms with Gasteiger partial charge in [-0.3, -0.25) is 4.90 Å². The predicted octanol–water partition coefficient (Wildman–Crippen LogP) is 1.19. The van der Waals surface area contributed by atoms with Gasteiger partial charge in [-0.1, -0.05) is 26.0 Å². The number of hydrogen-bond acceptors (Lipinski definition) is 7. The first kappa shape index (κ1) is 21.6. The first-order chi connectivity index (χ1) is 12.6. The number of esters is 2. The number of allylic oxidation sites excluding steroid dienone is 1. The molecule has 0 spiro atoms. The highest BCUT2D eigenvalue weighted by molar-refractivity contribution is 5.88. The summed E-state index contributed by atoms with van der Waals surface area (Å²) in [5.41, 5.74) is -0.724. The SMILES string of the molecule is C/C=C(\C)C(=O)O[C@@H](C)[C@](O)(C(=O)OCC1=CCN2CC[C@@H](O)[C@@H]12)C(C)C. The van der Waals surface area contributed by atoms with Crippen molar-refractivity contribution in [1.29, 1.82) is 0 Å². The minimum Gasteiger partial charge on any atom is -0.459 e. The minimum atomic E-state index is -1.96. The van der Waals surface area contributed by atoms with Gasteiger partial charge in [0.1, 0.15) is 12.7 Å². The summed E-state index contributed by atoms with van der Waals surface area (Å²) in [7, 11) is 0. The van der Waals surface area contributed by atoms with Crippen molar-refractivity contribution in [3.8, 4) is 0 Å². The van der Waals surface area contributed by atoms with Crippen LogP contribution in [0.25, 0.3) is 0 Å². The fourth-order valence-electron chi connectivity index (χ4n) is 3.62. The summed E-state index contributed by atoms with van der Waals surface area (Å²) in [6.07, 6.45) is 2.72. The fourth-order valence-corrected chi connectivity index (χ4v) is 3.62. The zero-order chi connectivity index (χ0) is 20.4. The van der Waals surface area contributed by atoms with Gasteiger partial charge >= 0.3 is 11.9 Å². The number of nitrogens with zero attached hydrogens (tertiary/aromatic N) is 1. The van der Waals surface area contributed by atoms with Gasteiger partial charge in [0, 0.05) is 18.7 Å². The Bertz CT molecular complexity index is 640. The topological polar surface area (TPSA) is 96.3 Å². The Morgan fingerprint density at radius 1 is 1.41 bits per heavy atom. The predicted molar refractivity (Wildman–Crippen MR) is 99.8 cm³/mol. The molecule has 0 aliphatic carbocycles. The van der Waals surface area contributed by atoms with E-state index in [0.29, 0.717) is 12.0 Å². The zero-order valence-corrected chi connectivity index (χ0v) is 16.8. The van der Waals surface area contributed by atoms with Crippen molar-refractivity contribution >= 4 is 11.9 Å². The maximum Gasteiger partial charge on any atom is 0.342 e. The second kappa shape index (κ2) is 8.54. The van der Waals surface area contributed by atoms with Gasteiger partial charge in [0.05, 0.1) is 12.1 Å². The van der Waals surface area contributed by atoms with Crippen LogP contribution in [0.2, 0.25) is 0 Å². The van der Waals surface area contributed by atoms with Crippen LogP contribution in [0.3, 0.4) is 0 Å². The van der Waals surface area contributed by atoms with Gasteiger partial charge in [-0.25, -0.2) is 9.59 Å². The Morgan fingerprint density at radius 2 is 2.07 bits per heavy atom. The minimum absolute atomic E-state index is 0.000642. The Kier molecular flexibility index (Phi) is 6.83. The average Bonchev–Trinajstić information content (AvgIpc) is 3.20. The van der Waals surface area contributed by atoms with Crippen LogP contribution in [0.1, 0.15) is 41.0 Å². The Balaban J connectivity index is 2.04. The van der Waals surface area contributed by atoms with E-state index in [1.165, 1.54) is 6.92 Å². The third-order valence-corrected chi connectivity index (χ3v) is 5.67. The maximum absolute atomic E-state index is 12.7. The van der Waals surface area contributed by atoms with E-state index in [1.54, 1.807) is 33.8 Å². The van der Waals surface area contributed by atoms with Crippen LogP contribution in [-0.4, -0.2) is 70.6 Å². The molecule has 0 aromatic carbocycles. The molecule has 0 radical (unpaired) electrons. The lowest BCUT2D eigenvalue weighted by Gasteiger charge is -2.34. The molecule has 1 saturated heterocycles. The van der Waals surface area contributed by atoms with Gasteiger partial charge in [-0.2, -0.15) is 0 Å². The standard InChI is InChI=1S/C20H31NO6/c1-6-13(4)18(23)27-14(5)20(25,12(2)3)19(24)26-11-15-7-9-21-10-8-16(22)17(15)21/h6-7,12,14,16-17,22,25H,8-11H2,1-5H3/b13-6+/t14-,16+,17+,20-/m0/s1. The maximum atomic E-state index is 12.7. The Morgan fingerprint density at radius 3 is 2.67 bits per heavy atom. The van der Waals surface area contributed by atoms with Crippen molar-refractivity contribution in [2.75, 3.05) is 19.7 Å². The number of carbonyl (C=O) groups is 2. The molecule has 7 nitrogen and oxygen atoms in total. The van der Waals surface area contributed by atoms with E-state index in [1.807, 2.05) is 6.08 Å². The third kappa shape index (κ3) is 4.25. The molecule has 0 unspecified atom stereocenters. The molecule has 27 heavy (non-hydrogen) atoms. The lowest BCUT2D eigenvalue weighted by molar-refractivity contribution is -0.191. The molecule has 2 heterocycles. The van der Waals surface area contributed by atoms with Crippen molar-refractivity contribution in [1.82, 2.24) is 4.90 Å². The number of hydrogen-bond donors (Lipinski definition) is 2. The number of rotatable bonds is 7. The molecule has 0 aromatic rings. The van der Waals surface area contributed by atoms with Crippen molar-refractivity contribution in [2.24, 2.45) is 5.92 Å². The molecular weight excluding hydrogens is 350 g/mol. The van der Waals surface area contributed by atoms with E-state index in [2.05, 4.69) is 4.90 Å². The van der Waals surface area contributed by atoms with Gasteiger partial charge in [-0.05, 0) is 38.7 Å². The van der Waals surface area contributed by atoms with Crippen LogP contribution < -0.4 is 0 Å². The molecule has 2 aliphatic rings. The summed E-state index contributed by atoms with van der Waals surface area (Å²) in [5, 5.41) is 21.1. The summed E-state index contributed by atoms with van der Waals surface area (Å²) in [4.78, 5) is 26.9. The summed E-state index contributed by atoms with van der Waals surface area (Å²) in [6, 6.07) is -0.127. The van der Waals surface area contributed by atoms with Gasteiger partial charge in [0.25, 0.3) is 0 Å². The Hall–Kier alpha value is -1.70. The molecule has 152 valence electrons. The molecule has 2 N–H and O–H groups in total. The van der Waals surface area contributed by atoms with Crippen LogP contribution in [0.5, 0.6) is 0 Å². The average molecular weight is 381 g/mol. The number of aliphatic hydroxyl groups excluding tert-OH is 1. The second-order valence-corrected chi connectivity index (χ2v) is 7.65. The molecule has 2 rings (SSSR count). The highest BCUT2D eigenvalue weighted by atomic mass is 16.6. The molecular formula is C20H31NO6. The first-order valence-electron chi connectivity index (χ1n) is 9.47. The first-order valence-corrected chi connectivity index (χ1v) is 9.47. The number of ether oxygens (including phenoxy) is 2. The molecule has 0 amide bonds. The van der Waals surface area contributed by atoms with Crippen LogP contribution in [0.4, 0.5) is 0 Å². The van der Waals surface area contributed by atoms with E-state index >= 15 is 0 Å². The largest absolute Gasteiger partial charge is 0.459 e. The zero-order valence-electron chi connectivity index (χ0n) is 16.8. The summed E-state index contributed by atoms with van der Waals surface area (Å²) in [6.45, 7) is 9.68. The smallest absolute Gasteiger partial charge is 0.342 e. The fraction of sp³-hybridized carbons (Fsp3) is 0.700. The van der Waals surface area contributed by atoms with Crippen LogP contribution in [0.15, 0.2) is 23.3 Å². The molecule has 0 saturated carbocycles. The van der Waals surface area contributed by atoms with Gasteiger partial charge in [0.2, 0.25) is 5.60 Å². The van der Waals surface area contributed by atoms with Gasteiger partial charge < -0.3 is 19.7 Å². The van der Waals surface area contributed by atoms with E-state index in [0.717, 1.165) is 18.7 Å². The lowest BCUT2D eigenvalue weighted by atomic mass is 9.85. The molecule has 1 fully saturated rings. The second-order valence-electron chi connectivity index (χ2n) is 7.65. The summed E-state index contributed by atoms with van der Waals surface area (Å²) >= 11 is 0. The van der Waals surface area contributed by atoms with Gasteiger partial charge in [-0.15, -0.1) is 0 Å². The van der Waals surface area contributed by atoms with E-state index in [9.17, 15) is 19.8 Å². The number of carbonyl (C=O) groups excluding carboxylic acids is 2. The lowest BCUT2D eigenvalue weighted by Crippen LogP contribution is -2.55. The molecule has 2 aliphatic heterocycles. The number of fused-ring (bicyclic) bond motifs is 1. The third-order valence-electron chi connectivity index (χ3n) is 5.67. The summed E-state index contributed by atoms with van der Waals surface area (Å²) in [5.74, 6) is -1.94. The van der Waals surface area contributed by atoms with Crippen LogP contribution in [0, 0.1) is 5.92 Å². The normalized spacial score (nSPS) is 26.4. The van der Waals surface area contributed by atoms with Crippen LogP contribution >= 0.6 is 0 Å². The molecule has 0 bridgehead atoms. The van der Waals surface area contributed by atoms with Crippen molar-refractivity contribution in [3.05, 3.63) is 23.3 Å². The van der Waals surface area contributed by atoms with E-state index in [4.69, 9.17) is 9.47 Å². The van der Waals surface area contributed by atoms with Crippen molar-refractivity contribution in [3.63, 3.8) is 0 Å². The van der Waals surface area contributed by atoms with Crippen molar-refractivity contribution in [2.45, 2.75) is 64.9 Å².